The highest BCUT2D eigenvalue weighted by molar-refractivity contribution is 8.00. The van der Waals surface area contributed by atoms with Crippen molar-refractivity contribution in [2.24, 2.45) is 0 Å². The molecule has 0 spiro atoms. The number of halogens is 6. The van der Waals surface area contributed by atoms with Crippen LogP contribution in [0.3, 0.4) is 0 Å². The van der Waals surface area contributed by atoms with Crippen molar-refractivity contribution in [2.45, 2.75) is 28.9 Å². The molecule has 1 atom stereocenters. The van der Waals surface area contributed by atoms with E-state index in [0.717, 1.165) is 28.5 Å². The molecule has 0 aromatic heterocycles. The lowest BCUT2D eigenvalue weighted by molar-refractivity contribution is -0.369. The molecule has 3 aromatic carbocycles. The predicted octanol–water partition coefficient (Wildman–Crippen LogP) is 6.05. The number of nitrogens with one attached hydrogen (secondary N) is 1. The zero-order valence-electron chi connectivity index (χ0n) is 17.9. The van der Waals surface area contributed by atoms with E-state index >= 15 is 0 Å². The summed E-state index contributed by atoms with van der Waals surface area (Å²) in [5.74, 6) is -2.04. The third-order valence-corrected chi connectivity index (χ3v) is 7.36. The second kappa shape index (κ2) is 9.23. The summed E-state index contributed by atoms with van der Waals surface area (Å²) in [4.78, 5) is 12.3. The molecule has 1 saturated heterocycles. The van der Waals surface area contributed by atoms with Crippen LogP contribution in [0.25, 0.3) is 0 Å². The second-order valence-corrected chi connectivity index (χ2v) is 9.12. The number of hydrogen-bond acceptors (Lipinski definition) is 4. The molecule has 0 aliphatic carbocycles. The normalized spacial score (nSPS) is 18.3. The minimum atomic E-state index is -5.89. The highest BCUT2D eigenvalue weighted by Crippen LogP contribution is 2.51. The number of thioether (sulfide) groups is 1. The molecule has 0 bridgehead atoms. The van der Waals surface area contributed by atoms with Crippen LogP contribution in [0.4, 0.5) is 26.3 Å². The number of carbonyl (C=O) groups excluding carboxylic acids is 1. The third-order valence-electron chi connectivity index (χ3n) is 5.72. The van der Waals surface area contributed by atoms with Crippen molar-refractivity contribution in [3.8, 4) is 0 Å². The van der Waals surface area contributed by atoms with Gasteiger partial charge in [0.15, 0.2) is 0 Å². The van der Waals surface area contributed by atoms with Crippen molar-refractivity contribution in [3.63, 3.8) is 0 Å². The maximum atomic E-state index is 13.5. The van der Waals surface area contributed by atoms with E-state index in [-0.39, 0.29) is 0 Å². The lowest BCUT2D eigenvalue weighted by atomic mass is 9.84. The molecular formula is C25H19F6NO2S. The van der Waals surface area contributed by atoms with Crippen LogP contribution in [0.15, 0.2) is 91.0 Å². The van der Waals surface area contributed by atoms with Crippen molar-refractivity contribution in [3.05, 3.63) is 108 Å². The molecule has 1 fully saturated rings. The predicted molar refractivity (Wildman–Crippen MR) is 120 cm³/mol. The molecule has 3 aromatic rings. The number of esters is 1. The first-order chi connectivity index (χ1) is 16.5. The lowest BCUT2D eigenvalue weighted by Gasteiger charge is -2.36. The summed E-state index contributed by atoms with van der Waals surface area (Å²) >= 11 is 1.05. The monoisotopic (exact) mass is 511 g/mol. The summed E-state index contributed by atoms with van der Waals surface area (Å²) in [7, 11) is 0. The zero-order chi connectivity index (χ0) is 25.3. The van der Waals surface area contributed by atoms with Gasteiger partial charge in [-0.2, -0.15) is 26.3 Å². The van der Waals surface area contributed by atoms with E-state index in [0.29, 0.717) is 0 Å². The van der Waals surface area contributed by atoms with Gasteiger partial charge in [0.25, 0.3) is 0 Å². The molecule has 1 heterocycles. The average molecular weight is 511 g/mol. The Bertz CT molecular complexity index is 1040. The number of cyclic esters (lactones) is 1. The first-order valence-corrected chi connectivity index (χ1v) is 11.4. The van der Waals surface area contributed by atoms with Crippen molar-refractivity contribution in [1.29, 1.82) is 0 Å². The maximum Gasteiger partial charge on any atom is 0.452 e. The molecule has 1 aliphatic heterocycles. The van der Waals surface area contributed by atoms with Crippen LogP contribution < -0.4 is 5.32 Å². The largest absolute Gasteiger partial charge is 0.452 e. The van der Waals surface area contributed by atoms with Gasteiger partial charge in [-0.15, -0.1) is 11.8 Å². The maximum absolute atomic E-state index is 13.5. The Labute approximate surface area is 201 Å². The molecular weight excluding hydrogens is 492 g/mol. The summed E-state index contributed by atoms with van der Waals surface area (Å²) < 4.78 is 83.7. The fourth-order valence-electron chi connectivity index (χ4n) is 4.08. The first-order valence-electron chi connectivity index (χ1n) is 10.5. The summed E-state index contributed by atoms with van der Waals surface area (Å²) in [6.45, 7) is 0. The minimum absolute atomic E-state index is 0.425. The molecule has 4 rings (SSSR count). The fraction of sp³-hybridized carbons (Fsp3) is 0.240. The van der Waals surface area contributed by atoms with Crippen LogP contribution in [0.2, 0.25) is 0 Å². The van der Waals surface area contributed by atoms with Gasteiger partial charge in [0.2, 0.25) is 0 Å². The van der Waals surface area contributed by atoms with Gasteiger partial charge >= 0.3 is 24.0 Å². The lowest BCUT2D eigenvalue weighted by Crippen LogP contribution is -2.65. The molecule has 0 radical (unpaired) electrons. The quantitative estimate of drug-likeness (QED) is 0.249. The van der Waals surface area contributed by atoms with Crippen molar-refractivity contribution in [2.75, 3.05) is 5.75 Å². The zero-order valence-corrected chi connectivity index (χ0v) is 18.8. The molecule has 1 aliphatic rings. The van der Waals surface area contributed by atoms with E-state index in [1.807, 2.05) is 36.4 Å². The van der Waals surface area contributed by atoms with Gasteiger partial charge in [-0.05, 0) is 16.7 Å². The smallest absolute Gasteiger partial charge is 0.424 e. The first kappa shape index (κ1) is 25.1. The van der Waals surface area contributed by atoms with Gasteiger partial charge in [0, 0.05) is 5.75 Å². The van der Waals surface area contributed by atoms with Gasteiger partial charge in [-0.25, -0.2) is 5.32 Å². The number of rotatable bonds is 6. The van der Waals surface area contributed by atoms with Crippen LogP contribution >= 0.6 is 11.8 Å². The molecule has 1 N–H and O–H groups in total. The van der Waals surface area contributed by atoms with Gasteiger partial charge in [0.1, 0.15) is 6.04 Å². The Balaban J connectivity index is 1.78. The van der Waals surface area contributed by atoms with E-state index < -0.39 is 40.6 Å². The average Bonchev–Trinajstić information content (AvgIpc) is 3.20. The second-order valence-electron chi connectivity index (χ2n) is 7.88. The van der Waals surface area contributed by atoms with E-state index in [4.69, 9.17) is 0 Å². The van der Waals surface area contributed by atoms with Gasteiger partial charge in [-0.1, -0.05) is 91.0 Å². The highest BCUT2D eigenvalue weighted by atomic mass is 32.2. The Morgan fingerprint density at radius 3 is 1.40 bits per heavy atom. The molecule has 0 unspecified atom stereocenters. The Hall–Kier alpha value is -2.98. The summed E-state index contributed by atoms with van der Waals surface area (Å²) in [6, 6.07) is 25.2. The minimum Gasteiger partial charge on any atom is -0.424 e. The number of benzene rings is 3. The van der Waals surface area contributed by atoms with Crippen molar-refractivity contribution >= 4 is 17.7 Å². The van der Waals surface area contributed by atoms with E-state index in [2.05, 4.69) is 4.74 Å². The number of ether oxygens (including phenoxy) is 1. The van der Waals surface area contributed by atoms with Crippen molar-refractivity contribution in [1.82, 2.24) is 5.32 Å². The standard InChI is InChI=1S/C25H19F6NO2S/c26-24(27,28)23(25(29,30)31)32-20(21(33)34-23)16-35-22(17-10-4-1-5-11-17,18-12-6-2-7-13-18)19-14-8-3-9-15-19/h1-15,20,32H,16H2/t20-/m0/s1. The summed E-state index contributed by atoms with van der Waals surface area (Å²) in [5, 5.41) is 1.42. The highest BCUT2D eigenvalue weighted by Gasteiger charge is 2.78. The molecule has 0 amide bonds. The summed E-state index contributed by atoms with van der Waals surface area (Å²) in [5.41, 5.74) is -2.53. The topological polar surface area (TPSA) is 38.3 Å². The van der Waals surface area contributed by atoms with Crippen LogP contribution in [0.1, 0.15) is 16.7 Å². The molecule has 0 saturated carbocycles. The van der Waals surface area contributed by atoms with Crippen LogP contribution in [-0.2, 0) is 14.3 Å². The Morgan fingerprint density at radius 1 is 0.714 bits per heavy atom. The van der Waals surface area contributed by atoms with Crippen LogP contribution in [-0.4, -0.2) is 35.8 Å². The van der Waals surface area contributed by atoms with E-state index in [1.165, 1.54) is 5.32 Å². The SMILES string of the molecule is O=C1OC(C(F)(F)F)(C(F)(F)F)N[C@H]1CSC(c1ccccc1)(c1ccccc1)c1ccccc1. The number of hydrogen-bond donors (Lipinski definition) is 1. The van der Waals surface area contributed by atoms with E-state index in [9.17, 15) is 31.1 Å². The molecule has 3 nitrogen and oxygen atoms in total. The van der Waals surface area contributed by atoms with E-state index in [1.54, 1.807) is 54.6 Å². The number of alkyl halides is 6. The van der Waals surface area contributed by atoms with Gasteiger partial charge in [0.05, 0.1) is 4.75 Å². The third kappa shape index (κ3) is 4.40. The summed E-state index contributed by atoms with van der Waals surface area (Å²) in [6.07, 6.45) is -11.8. The Kier molecular flexibility index (Phi) is 6.63. The van der Waals surface area contributed by atoms with Gasteiger partial charge < -0.3 is 4.74 Å². The van der Waals surface area contributed by atoms with Crippen molar-refractivity contribution < 1.29 is 35.9 Å². The fourth-order valence-corrected chi connectivity index (χ4v) is 5.63. The van der Waals surface area contributed by atoms with Gasteiger partial charge in [-0.3, -0.25) is 4.79 Å². The Morgan fingerprint density at radius 2 is 1.09 bits per heavy atom. The van der Waals surface area contributed by atoms with Crippen LogP contribution in [0, 0.1) is 0 Å². The number of carbonyl (C=O) groups is 1. The van der Waals surface area contributed by atoms with Crippen LogP contribution in [0.5, 0.6) is 0 Å². The molecule has 10 heteroatoms. The molecule has 184 valence electrons. The molecule has 35 heavy (non-hydrogen) atoms.